The SMILES string of the molecule is O=C(CCC(=O)c1ccc(Cl)s1)NCC#Cc1ccccc1. The Labute approximate surface area is 138 Å². The van der Waals surface area contributed by atoms with Crippen molar-refractivity contribution in [2.45, 2.75) is 12.8 Å². The molecule has 0 radical (unpaired) electrons. The summed E-state index contributed by atoms with van der Waals surface area (Å²) in [4.78, 5) is 24.0. The molecule has 0 spiro atoms. The number of carbonyl (C=O) groups is 2. The van der Waals surface area contributed by atoms with Gasteiger partial charge in [0.2, 0.25) is 5.91 Å². The first-order valence-corrected chi connectivity index (χ1v) is 7.94. The molecule has 0 aliphatic heterocycles. The predicted octanol–water partition coefficient (Wildman–Crippen LogP) is 3.53. The van der Waals surface area contributed by atoms with Gasteiger partial charge in [-0.25, -0.2) is 0 Å². The van der Waals surface area contributed by atoms with Gasteiger partial charge in [-0.2, -0.15) is 0 Å². The zero-order valence-electron chi connectivity index (χ0n) is 11.8. The minimum absolute atomic E-state index is 0.0672. The van der Waals surface area contributed by atoms with Gasteiger partial charge in [0.05, 0.1) is 15.8 Å². The minimum Gasteiger partial charge on any atom is -0.345 e. The summed E-state index contributed by atoms with van der Waals surface area (Å²) in [6, 6.07) is 12.9. The second kappa shape index (κ2) is 8.38. The quantitative estimate of drug-likeness (QED) is 0.673. The van der Waals surface area contributed by atoms with E-state index in [1.165, 1.54) is 11.3 Å². The molecular formula is C17H14ClNO2S. The molecule has 0 fully saturated rings. The molecule has 0 aliphatic carbocycles. The number of amides is 1. The summed E-state index contributed by atoms with van der Waals surface area (Å²) < 4.78 is 0.573. The van der Waals surface area contributed by atoms with Crippen LogP contribution in [0.2, 0.25) is 4.34 Å². The van der Waals surface area contributed by atoms with E-state index < -0.39 is 0 Å². The van der Waals surface area contributed by atoms with E-state index in [1.54, 1.807) is 12.1 Å². The lowest BCUT2D eigenvalue weighted by atomic mass is 10.2. The molecule has 0 saturated carbocycles. The molecule has 0 unspecified atom stereocenters. The number of carbonyl (C=O) groups excluding carboxylic acids is 2. The molecule has 0 aliphatic rings. The summed E-state index contributed by atoms with van der Waals surface area (Å²) in [5, 5.41) is 2.68. The fourth-order valence-electron chi connectivity index (χ4n) is 1.71. The average Bonchev–Trinajstić information content (AvgIpc) is 2.97. The van der Waals surface area contributed by atoms with E-state index >= 15 is 0 Å². The third kappa shape index (κ3) is 5.36. The topological polar surface area (TPSA) is 46.2 Å². The highest BCUT2D eigenvalue weighted by atomic mass is 35.5. The third-order valence-corrected chi connectivity index (χ3v) is 4.08. The number of nitrogens with one attached hydrogen (secondary N) is 1. The van der Waals surface area contributed by atoms with Gasteiger partial charge in [-0.3, -0.25) is 9.59 Å². The lowest BCUT2D eigenvalue weighted by Gasteiger charge is -2.00. The van der Waals surface area contributed by atoms with Crippen molar-refractivity contribution in [2.75, 3.05) is 6.54 Å². The van der Waals surface area contributed by atoms with Crippen molar-refractivity contribution in [3.05, 3.63) is 57.2 Å². The van der Waals surface area contributed by atoms with Crippen LogP contribution in [-0.2, 0) is 4.79 Å². The first kappa shape index (κ1) is 16.3. The van der Waals surface area contributed by atoms with E-state index in [4.69, 9.17) is 11.6 Å². The van der Waals surface area contributed by atoms with E-state index in [1.807, 2.05) is 30.3 Å². The summed E-state index contributed by atoms with van der Waals surface area (Å²) in [5.74, 6) is 5.57. The molecular weight excluding hydrogens is 318 g/mol. The lowest BCUT2D eigenvalue weighted by molar-refractivity contribution is -0.120. The fourth-order valence-corrected chi connectivity index (χ4v) is 2.72. The van der Waals surface area contributed by atoms with Crippen LogP contribution in [0.5, 0.6) is 0 Å². The highest BCUT2D eigenvalue weighted by molar-refractivity contribution is 7.18. The zero-order chi connectivity index (χ0) is 15.8. The van der Waals surface area contributed by atoms with Crippen LogP contribution in [0.1, 0.15) is 28.1 Å². The smallest absolute Gasteiger partial charge is 0.221 e. The predicted molar refractivity (Wildman–Crippen MR) is 89.2 cm³/mol. The van der Waals surface area contributed by atoms with Crippen molar-refractivity contribution in [3.63, 3.8) is 0 Å². The van der Waals surface area contributed by atoms with Crippen LogP contribution in [-0.4, -0.2) is 18.2 Å². The van der Waals surface area contributed by atoms with Crippen LogP contribution in [0, 0.1) is 11.8 Å². The summed E-state index contributed by atoms with van der Waals surface area (Å²) in [6.45, 7) is 0.271. The number of rotatable bonds is 5. The second-order valence-corrected chi connectivity index (χ2v) is 6.19. The summed E-state index contributed by atoms with van der Waals surface area (Å²) in [7, 11) is 0. The molecule has 0 saturated heterocycles. The van der Waals surface area contributed by atoms with Crippen LogP contribution in [0.25, 0.3) is 0 Å². The average molecular weight is 332 g/mol. The highest BCUT2D eigenvalue weighted by Crippen LogP contribution is 2.22. The Kier molecular flexibility index (Phi) is 6.20. The van der Waals surface area contributed by atoms with E-state index in [0.29, 0.717) is 9.21 Å². The molecule has 1 aromatic carbocycles. The van der Waals surface area contributed by atoms with Gasteiger partial charge < -0.3 is 5.32 Å². The first-order valence-electron chi connectivity index (χ1n) is 6.74. The molecule has 1 amide bonds. The van der Waals surface area contributed by atoms with Crippen LogP contribution >= 0.6 is 22.9 Å². The summed E-state index contributed by atoms with van der Waals surface area (Å²) >= 11 is 7.00. The van der Waals surface area contributed by atoms with E-state index in [0.717, 1.165) is 5.56 Å². The molecule has 112 valence electrons. The Balaban J connectivity index is 1.70. The maximum atomic E-state index is 11.8. The molecule has 3 nitrogen and oxygen atoms in total. The van der Waals surface area contributed by atoms with Gasteiger partial charge in [-0.15, -0.1) is 11.3 Å². The lowest BCUT2D eigenvalue weighted by Crippen LogP contribution is -2.23. The van der Waals surface area contributed by atoms with Gasteiger partial charge in [-0.1, -0.05) is 41.6 Å². The monoisotopic (exact) mass is 331 g/mol. The van der Waals surface area contributed by atoms with Gasteiger partial charge in [-0.05, 0) is 24.3 Å². The number of thiophene rings is 1. The Morgan fingerprint density at radius 2 is 1.86 bits per heavy atom. The molecule has 1 N–H and O–H groups in total. The van der Waals surface area contributed by atoms with Crippen LogP contribution < -0.4 is 5.32 Å². The number of halogens is 1. The van der Waals surface area contributed by atoms with Gasteiger partial charge in [0.15, 0.2) is 5.78 Å². The van der Waals surface area contributed by atoms with Gasteiger partial charge in [0.25, 0.3) is 0 Å². The number of hydrogen-bond acceptors (Lipinski definition) is 3. The second-order valence-electron chi connectivity index (χ2n) is 4.47. The first-order chi connectivity index (χ1) is 10.6. The standard InChI is InChI=1S/C17H14ClNO2S/c18-16-10-9-15(22-16)14(20)8-11-17(21)19-12-4-7-13-5-2-1-3-6-13/h1-3,5-6,9-10H,8,11-12H2,(H,19,21). The number of Topliss-reactive ketones (excluding diaryl/α,β-unsaturated/α-hetero) is 1. The van der Waals surface area contributed by atoms with Crippen molar-refractivity contribution in [1.82, 2.24) is 5.32 Å². The van der Waals surface area contributed by atoms with Gasteiger partial charge in [0, 0.05) is 18.4 Å². The number of benzene rings is 1. The maximum absolute atomic E-state index is 11.8. The molecule has 5 heteroatoms. The van der Waals surface area contributed by atoms with Crippen LogP contribution in [0.3, 0.4) is 0 Å². The molecule has 1 heterocycles. The van der Waals surface area contributed by atoms with Gasteiger partial charge in [0.1, 0.15) is 0 Å². The number of hydrogen-bond donors (Lipinski definition) is 1. The zero-order valence-corrected chi connectivity index (χ0v) is 13.3. The van der Waals surface area contributed by atoms with Crippen molar-refractivity contribution in [3.8, 4) is 11.8 Å². The minimum atomic E-state index is -0.182. The molecule has 22 heavy (non-hydrogen) atoms. The Hall–Kier alpha value is -2.09. The summed E-state index contributed by atoms with van der Waals surface area (Å²) in [6.07, 6.45) is 0.330. The highest BCUT2D eigenvalue weighted by Gasteiger charge is 2.10. The Morgan fingerprint density at radius 1 is 1.09 bits per heavy atom. The van der Waals surface area contributed by atoms with E-state index in [9.17, 15) is 9.59 Å². The summed E-state index contributed by atoms with van der Waals surface area (Å²) in [5.41, 5.74) is 0.904. The normalized spacial score (nSPS) is 9.68. The third-order valence-electron chi connectivity index (χ3n) is 2.81. The molecule has 0 bridgehead atoms. The molecule has 1 aromatic heterocycles. The van der Waals surface area contributed by atoms with Crippen molar-refractivity contribution in [2.24, 2.45) is 0 Å². The van der Waals surface area contributed by atoms with Gasteiger partial charge >= 0.3 is 0 Å². The maximum Gasteiger partial charge on any atom is 0.221 e. The molecule has 0 atom stereocenters. The van der Waals surface area contributed by atoms with Crippen molar-refractivity contribution in [1.29, 1.82) is 0 Å². The van der Waals surface area contributed by atoms with Crippen LogP contribution in [0.4, 0.5) is 0 Å². The van der Waals surface area contributed by atoms with Crippen molar-refractivity contribution < 1.29 is 9.59 Å². The van der Waals surface area contributed by atoms with E-state index in [2.05, 4.69) is 17.2 Å². The van der Waals surface area contributed by atoms with Crippen LogP contribution in [0.15, 0.2) is 42.5 Å². The molecule has 2 rings (SSSR count). The largest absolute Gasteiger partial charge is 0.345 e. The number of ketones is 1. The van der Waals surface area contributed by atoms with Crippen molar-refractivity contribution >= 4 is 34.6 Å². The Bertz CT molecular complexity index is 713. The fraction of sp³-hybridized carbons (Fsp3) is 0.176. The molecule has 2 aromatic rings. The Morgan fingerprint density at radius 3 is 2.55 bits per heavy atom. The van der Waals surface area contributed by atoms with E-state index in [-0.39, 0.29) is 31.1 Å².